The smallest absolute Gasteiger partial charge is 0.0793 e. The molecule has 0 aliphatic carbocycles. The second-order valence-electron chi connectivity index (χ2n) is 6.16. The Balaban J connectivity index is 1.74. The summed E-state index contributed by atoms with van der Waals surface area (Å²) in [5.74, 6) is 0. The van der Waals surface area contributed by atoms with Gasteiger partial charge in [-0.05, 0) is 19.5 Å². The minimum Gasteiger partial charge on any atom is -0.390 e. The monoisotopic (exact) mass is 304 g/mol. The fraction of sp³-hybridized carbons (Fsp3) is 0.556. The van der Waals surface area contributed by atoms with E-state index in [0.717, 1.165) is 39.4 Å². The third-order valence-corrected chi connectivity index (χ3v) is 3.83. The summed E-state index contributed by atoms with van der Waals surface area (Å²) in [6.07, 6.45) is 1.89. The molecule has 2 rings (SSSR count). The minimum absolute atomic E-state index is 0.312. The molecule has 0 amide bonds. The molecule has 1 saturated heterocycles. The first-order valence-electron chi connectivity index (χ1n) is 8.02. The Hall–Kier alpha value is -1.20. The molecule has 0 bridgehead atoms. The van der Waals surface area contributed by atoms with Crippen molar-refractivity contribution in [3.8, 4) is 0 Å². The average Bonchev–Trinajstić information content (AvgIpc) is 2.48. The van der Waals surface area contributed by atoms with E-state index in [-0.39, 0.29) is 6.10 Å². The number of morpholine rings is 1. The van der Waals surface area contributed by atoms with E-state index in [9.17, 15) is 5.11 Å². The van der Waals surface area contributed by atoms with Crippen LogP contribution < -0.4 is 0 Å². The summed E-state index contributed by atoms with van der Waals surface area (Å²) in [6.45, 7) is 7.84. The van der Waals surface area contributed by atoms with Gasteiger partial charge in [-0.15, -0.1) is 0 Å². The number of hydrogen-bond donors (Lipinski definition) is 1. The van der Waals surface area contributed by atoms with E-state index in [1.807, 2.05) is 6.07 Å². The summed E-state index contributed by atoms with van der Waals surface area (Å²) in [5, 5.41) is 10.2. The van der Waals surface area contributed by atoms with Crippen LogP contribution in [-0.2, 0) is 4.74 Å². The Morgan fingerprint density at radius 3 is 2.68 bits per heavy atom. The van der Waals surface area contributed by atoms with Gasteiger partial charge in [-0.1, -0.05) is 42.0 Å². The summed E-state index contributed by atoms with van der Waals surface area (Å²) < 4.78 is 5.33. The van der Waals surface area contributed by atoms with Crippen molar-refractivity contribution in [2.45, 2.75) is 13.0 Å². The molecule has 1 aromatic carbocycles. The average molecular weight is 304 g/mol. The molecule has 1 N–H and O–H groups in total. The number of likely N-dealkylation sites (N-methyl/N-ethyl adjacent to an activating group) is 1. The van der Waals surface area contributed by atoms with Gasteiger partial charge in [0.1, 0.15) is 0 Å². The van der Waals surface area contributed by atoms with Gasteiger partial charge in [0.15, 0.2) is 0 Å². The predicted molar refractivity (Wildman–Crippen MR) is 90.9 cm³/mol. The highest BCUT2D eigenvalue weighted by Gasteiger charge is 2.16. The molecular formula is C18H28N2O2. The Labute approximate surface area is 134 Å². The molecule has 0 aromatic heterocycles. The molecule has 0 spiro atoms. The van der Waals surface area contributed by atoms with Gasteiger partial charge in [-0.2, -0.15) is 0 Å². The number of nitrogens with zero attached hydrogens (tertiary/aromatic N) is 2. The van der Waals surface area contributed by atoms with Crippen LogP contribution >= 0.6 is 0 Å². The molecule has 1 atom stereocenters. The minimum atomic E-state index is -0.312. The maximum absolute atomic E-state index is 10.2. The van der Waals surface area contributed by atoms with Gasteiger partial charge in [-0.3, -0.25) is 9.80 Å². The van der Waals surface area contributed by atoms with E-state index in [0.29, 0.717) is 6.54 Å². The Morgan fingerprint density at radius 2 is 2.00 bits per heavy atom. The standard InChI is InChI=1S/C18H28N2O2/c1-16(12-17-6-4-3-5-7-17)13-19(2)14-18(21)15-20-8-10-22-11-9-20/h3-7,12,18,21H,8-11,13-15H2,1-2H3/b16-12+. The molecule has 1 fully saturated rings. The molecular weight excluding hydrogens is 276 g/mol. The van der Waals surface area contributed by atoms with Crippen molar-refractivity contribution < 1.29 is 9.84 Å². The third kappa shape index (κ3) is 6.28. The van der Waals surface area contributed by atoms with Crippen LogP contribution in [0.1, 0.15) is 12.5 Å². The van der Waals surface area contributed by atoms with E-state index in [1.165, 1.54) is 11.1 Å². The lowest BCUT2D eigenvalue weighted by Gasteiger charge is -2.30. The van der Waals surface area contributed by atoms with Crippen molar-refractivity contribution in [3.05, 3.63) is 41.5 Å². The summed E-state index contributed by atoms with van der Waals surface area (Å²) in [6, 6.07) is 10.3. The van der Waals surface area contributed by atoms with Crippen LogP contribution in [0.3, 0.4) is 0 Å². The molecule has 0 saturated carbocycles. The van der Waals surface area contributed by atoms with Crippen molar-refractivity contribution in [3.63, 3.8) is 0 Å². The molecule has 0 radical (unpaired) electrons. The topological polar surface area (TPSA) is 35.9 Å². The van der Waals surface area contributed by atoms with Crippen LogP contribution in [0.2, 0.25) is 0 Å². The van der Waals surface area contributed by atoms with Crippen molar-refractivity contribution in [2.24, 2.45) is 0 Å². The predicted octanol–water partition coefficient (Wildman–Crippen LogP) is 1.71. The van der Waals surface area contributed by atoms with Gasteiger partial charge in [0.05, 0.1) is 19.3 Å². The fourth-order valence-corrected chi connectivity index (χ4v) is 2.87. The number of benzene rings is 1. The first-order valence-corrected chi connectivity index (χ1v) is 8.02. The molecule has 1 unspecified atom stereocenters. The third-order valence-electron chi connectivity index (χ3n) is 3.83. The first kappa shape index (κ1) is 17.2. The summed E-state index contributed by atoms with van der Waals surface area (Å²) in [5.41, 5.74) is 2.52. The van der Waals surface area contributed by atoms with Crippen molar-refractivity contribution in [1.82, 2.24) is 9.80 Å². The number of rotatable bonds is 7. The lowest BCUT2D eigenvalue weighted by molar-refractivity contribution is 0.00924. The van der Waals surface area contributed by atoms with E-state index in [2.05, 4.69) is 54.1 Å². The molecule has 4 heteroatoms. The number of β-amino-alcohol motifs (C(OH)–C–C–N with tert-alkyl or cyclic N) is 1. The lowest BCUT2D eigenvalue weighted by Crippen LogP contribution is -2.44. The highest BCUT2D eigenvalue weighted by molar-refractivity contribution is 5.52. The first-order chi connectivity index (χ1) is 10.6. The zero-order valence-corrected chi connectivity index (χ0v) is 13.7. The lowest BCUT2D eigenvalue weighted by atomic mass is 10.1. The molecule has 22 heavy (non-hydrogen) atoms. The number of aliphatic hydroxyl groups is 1. The van der Waals surface area contributed by atoms with Crippen molar-refractivity contribution in [1.29, 1.82) is 0 Å². The molecule has 1 aliphatic rings. The maximum atomic E-state index is 10.2. The number of ether oxygens (including phenoxy) is 1. The summed E-state index contributed by atoms with van der Waals surface area (Å²) in [7, 11) is 2.06. The highest BCUT2D eigenvalue weighted by Crippen LogP contribution is 2.08. The van der Waals surface area contributed by atoms with Gasteiger partial charge in [0.2, 0.25) is 0 Å². The van der Waals surface area contributed by atoms with Crippen LogP contribution in [0.25, 0.3) is 6.08 Å². The SMILES string of the molecule is C/C(=C\c1ccccc1)CN(C)CC(O)CN1CCOCC1. The van der Waals surface area contributed by atoms with Crippen LogP contribution in [0.4, 0.5) is 0 Å². The van der Waals surface area contributed by atoms with Crippen molar-refractivity contribution >= 4 is 6.08 Å². The van der Waals surface area contributed by atoms with Crippen LogP contribution in [0, 0.1) is 0 Å². The van der Waals surface area contributed by atoms with Crippen LogP contribution in [0.15, 0.2) is 35.9 Å². The second-order valence-corrected chi connectivity index (χ2v) is 6.16. The zero-order valence-electron chi connectivity index (χ0n) is 13.7. The van der Waals surface area contributed by atoms with E-state index in [4.69, 9.17) is 4.74 Å². The quantitative estimate of drug-likeness (QED) is 0.832. The van der Waals surface area contributed by atoms with Crippen molar-refractivity contribution in [2.75, 3.05) is 53.0 Å². The number of aliphatic hydroxyl groups excluding tert-OH is 1. The number of hydrogen-bond acceptors (Lipinski definition) is 4. The Morgan fingerprint density at radius 1 is 1.32 bits per heavy atom. The van der Waals surface area contributed by atoms with Gasteiger partial charge in [0.25, 0.3) is 0 Å². The largest absolute Gasteiger partial charge is 0.390 e. The van der Waals surface area contributed by atoms with E-state index < -0.39 is 0 Å². The highest BCUT2D eigenvalue weighted by atomic mass is 16.5. The van der Waals surface area contributed by atoms with Gasteiger partial charge in [-0.25, -0.2) is 0 Å². The molecule has 1 aromatic rings. The summed E-state index contributed by atoms with van der Waals surface area (Å²) >= 11 is 0. The van der Waals surface area contributed by atoms with Crippen LogP contribution in [0.5, 0.6) is 0 Å². The van der Waals surface area contributed by atoms with Crippen LogP contribution in [-0.4, -0.2) is 74.0 Å². The van der Waals surface area contributed by atoms with Gasteiger partial charge < -0.3 is 9.84 Å². The Bertz CT molecular complexity index is 455. The van der Waals surface area contributed by atoms with Gasteiger partial charge in [0, 0.05) is 32.7 Å². The van der Waals surface area contributed by atoms with Gasteiger partial charge >= 0.3 is 0 Å². The molecule has 4 nitrogen and oxygen atoms in total. The molecule has 1 heterocycles. The van der Waals surface area contributed by atoms with E-state index in [1.54, 1.807) is 0 Å². The zero-order chi connectivity index (χ0) is 15.8. The normalized spacial score (nSPS) is 18.6. The Kier molecular flexibility index (Phi) is 7.06. The fourth-order valence-electron chi connectivity index (χ4n) is 2.87. The summed E-state index contributed by atoms with van der Waals surface area (Å²) in [4.78, 5) is 4.45. The molecule has 122 valence electrons. The maximum Gasteiger partial charge on any atom is 0.0793 e. The van der Waals surface area contributed by atoms with E-state index >= 15 is 0 Å². The second kappa shape index (κ2) is 9.06. The molecule has 1 aliphatic heterocycles.